The molecule has 2 heterocycles. The van der Waals surface area contributed by atoms with Crippen molar-refractivity contribution in [2.75, 3.05) is 0 Å². The molecule has 0 radical (unpaired) electrons. The van der Waals surface area contributed by atoms with Crippen LogP contribution in [0.4, 0.5) is 0 Å². The third-order valence-electron chi connectivity index (χ3n) is 3.18. The Balaban J connectivity index is 2.23. The zero-order chi connectivity index (χ0) is 13.2. The first-order valence-corrected chi connectivity index (χ1v) is 6.15. The Hall–Kier alpha value is -2.17. The lowest BCUT2D eigenvalue weighted by Crippen LogP contribution is -2.28. The van der Waals surface area contributed by atoms with E-state index in [1.807, 2.05) is 49.4 Å². The lowest BCUT2D eigenvalue weighted by molar-refractivity contribution is 0.453. The van der Waals surface area contributed by atoms with Gasteiger partial charge in [-0.05, 0) is 36.8 Å². The summed E-state index contributed by atoms with van der Waals surface area (Å²) < 4.78 is 5.47. The number of benzene rings is 1. The van der Waals surface area contributed by atoms with Gasteiger partial charge in [0, 0.05) is 11.1 Å². The highest BCUT2D eigenvalue weighted by molar-refractivity contribution is 5.83. The van der Waals surface area contributed by atoms with E-state index >= 15 is 0 Å². The number of aromatic nitrogens is 1. The highest BCUT2D eigenvalue weighted by atomic mass is 16.3. The van der Waals surface area contributed by atoms with Gasteiger partial charge in [-0.2, -0.15) is 0 Å². The van der Waals surface area contributed by atoms with E-state index in [1.165, 1.54) is 0 Å². The average Bonchev–Trinajstić information content (AvgIpc) is 2.93. The second kappa shape index (κ2) is 4.84. The molecule has 4 heteroatoms. The van der Waals surface area contributed by atoms with Crippen LogP contribution in [-0.4, -0.2) is 4.98 Å². The van der Waals surface area contributed by atoms with Crippen molar-refractivity contribution in [2.24, 2.45) is 5.84 Å². The van der Waals surface area contributed by atoms with Gasteiger partial charge in [-0.1, -0.05) is 18.2 Å². The maximum absolute atomic E-state index is 5.71. The average molecular weight is 253 g/mol. The number of pyridine rings is 1. The van der Waals surface area contributed by atoms with E-state index in [4.69, 9.17) is 10.3 Å². The van der Waals surface area contributed by atoms with Crippen molar-refractivity contribution in [3.05, 3.63) is 65.7 Å². The van der Waals surface area contributed by atoms with Crippen LogP contribution in [-0.2, 0) is 0 Å². The standard InChI is InChI=1S/C15H15N3O/c1-10-9-12(11-5-2-3-6-13(11)17-10)15(18-16)14-7-4-8-19-14/h2-9,15,18H,16H2,1H3. The van der Waals surface area contributed by atoms with Gasteiger partial charge in [-0.15, -0.1) is 0 Å². The van der Waals surface area contributed by atoms with Gasteiger partial charge in [-0.25, -0.2) is 5.43 Å². The maximum Gasteiger partial charge on any atom is 0.126 e. The van der Waals surface area contributed by atoms with Gasteiger partial charge in [0.25, 0.3) is 0 Å². The number of fused-ring (bicyclic) bond motifs is 1. The third kappa shape index (κ3) is 2.12. The van der Waals surface area contributed by atoms with Crippen LogP contribution < -0.4 is 11.3 Å². The van der Waals surface area contributed by atoms with Crippen molar-refractivity contribution in [2.45, 2.75) is 13.0 Å². The lowest BCUT2D eigenvalue weighted by Gasteiger charge is -2.16. The monoisotopic (exact) mass is 253 g/mol. The molecule has 3 N–H and O–H groups in total. The van der Waals surface area contributed by atoms with Gasteiger partial charge < -0.3 is 4.42 Å². The topological polar surface area (TPSA) is 64.1 Å². The number of para-hydroxylation sites is 1. The Bertz CT molecular complexity index is 692. The summed E-state index contributed by atoms with van der Waals surface area (Å²) in [7, 11) is 0. The number of hydrazine groups is 1. The highest BCUT2D eigenvalue weighted by Gasteiger charge is 2.18. The molecule has 1 atom stereocenters. The third-order valence-corrected chi connectivity index (χ3v) is 3.18. The van der Waals surface area contributed by atoms with Crippen molar-refractivity contribution in [1.29, 1.82) is 0 Å². The summed E-state index contributed by atoms with van der Waals surface area (Å²) in [6.45, 7) is 1.98. The molecule has 0 bridgehead atoms. The summed E-state index contributed by atoms with van der Waals surface area (Å²) >= 11 is 0. The first-order chi connectivity index (χ1) is 9.29. The van der Waals surface area contributed by atoms with Crippen molar-refractivity contribution in [1.82, 2.24) is 10.4 Å². The number of nitrogens with zero attached hydrogens (tertiary/aromatic N) is 1. The van der Waals surface area contributed by atoms with Crippen LogP contribution in [0.3, 0.4) is 0 Å². The molecular weight excluding hydrogens is 238 g/mol. The molecule has 3 rings (SSSR count). The molecule has 0 amide bonds. The molecule has 0 aliphatic heterocycles. The molecule has 19 heavy (non-hydrogen) atoms. The minimum absolute atomic E-state index is 0.179. The molecule has 0 fully saturated rings. The van der Waals surface area contributed by atoms with Gasteiger partial charge in [0.05, 0.1) is 11.8 Å². The molecule has 96 valence electrons. The summed E-state index contributed by atoms with van der Waals surface area (Å²) in [5.41, 5.74) is 5.81. The van der Waals surface area contributed by atoms with Gasteiger partial charge in [0.2, 0.25) is 0 Å². The van der Waals surface area contributed by atoms with Crippen LogP contribution in [0, 0.1) is 6.92 Å². The fourth-order valence-corrected chi connectivity index (χ4v) is 2.36. The predicted octanol–water partition coefficient (Wildman–Crippen LogP) is 2.69. The number of rotatable bonds is 3. The molecule has 0 spiro atoms. The SMILES string of the molecule is Cc1cc(C(NN)c2ccco2)c2ccccc2n1. The predicted molar refractivity (Wildman–Crippen MR) is 74.4 cm³/mol. The Kier molecular flexibility index (Phi) is 3.03. The first kappa shape index (κ1) is 11.9. The molecular formula is C15H15N3O. The van der Waals surface area contributed by atoms with Gasteiger partial charge in [0.1, 0.15) is 11.8 Å². The number of nitrogens with one attached hydrogen (secondary N) is 1. The van der Waals surface area contributed by atoms with Crippen LogP contribution in [0.2, 0.25) is 0 Å². The number of aryl methyl sites for hydroxylation is 1. The smallest absolute Gasteiger partial charge is 0.126 e. The Morgan fingerprint density at radius 3 is 2.79 bits per heavy atom. The molecule has 0 saturated carbocycles. The summed E-state index contributed by atoms with van der Waals surface area (Å²) in [5, 5.41) is 1.08. The molecule has 4 nitrogen and oxygen atoms in total. The minimum Gasteiger partial charge on any atom is -0.467 e. The maximum atomic E-state index is 5.71. The van der Waals surface area contributed by atoms with Crippen molar-refractivity contribution in [3.8, 4) is 0 Å². The largest absolute Gasteiger partial charge is 0.467 e. The fraction of sp³-hybridized carbons (Fsp3) is 0.133. The Morgan fingerprint density at radius 2 is 2.05 bits per heavy atom. The minimum atomic E-state index is -0.179. The van der Waals surface area contributed by atoms with Crippen molar-refractivity contribution < 1.29 is 4.42 Å². The first-order valence-electron chi connectivity index (χ1n) is 6.15. The number of hydrogen-bond acceptors (Lipinski definition) is 4. The highest BCUT2D eigenvalue weighted by Crippen LogP contribution is 2.28. The van der Waals surface area contributed by atoms with E-state index in [0.29, 0.717) is 0 Å². The van der Waals surface area contributed by atoms with Crippen molar-refractivity contribution in [3.63, 3.8) is 0 Å². The van der Waals surface area contributed by atoms with E-state index in [0.717, 1.165) is 27.9 Å². The van der Waals surface area contributed by atoms with Gasteiger partial charge in [-0.3, -0.25) is 10.8 Å². The molecule has 2 aromatic heterocycles. The normalized spacial score (nSPS) is 12.7. The van der Waals surface area contributed by atoms with Crippen molar-refractivity contribution >= 4 is 10.9 Å². The molecule has 0 aliphatic carbocycles. The Labute approximate surface area is 111 Å². The second-order valence-electron chi connectivity index (χ2n) is 4.49. The molecule has 0 saturated heterocycles. The van der Waals surface area contributed by atoms with Gasteiger partial charge in [0.15, 0.2) is 0 Å². The van der Waals surface area contributed by atoms with E-state index < -0.39 is 0 Å². The van der Waals surface area contributed by atoms with Gasteiger partial charge >= 0.3 is 0 Å². The lowest BCUT2D eigenvalue weighted by atomic mass is 9.99. The Morgan fingerprint density at radius 1 is 1.21 bits per heavy atom. The molecule has 0 aliphatic rings. The van der Waals surface area contributed by atoms with E-state index in [9.17, 15) is 0 Å². The van der Waals surface area contributed by atoms with Crippen LogP contribution in [0.1, 0.15) is 23.1 Å². The number of furan rings is 1. The van der Waals surface area contributed by atoms with E-state index in [-0.39, 0.29) is 6.04 Å². The van der Waals surface area contributed by atoms with E-state index in [2.05, 4.69) is 10.4 Å². The fourth-order valence-electron chi connectivity index (χ4n) is 2.36. The van der Waals surface area contributed by atoms with E-state index in [1.54, 1.807) is 6.26 Å². The summed E-state index contributed by atoms with van der Waals surface area (Å²) in [5.74, 6) is 6.50. The zero-order valence-corrected chi connectivity index (χ0v) is 10.6. The summed E-state index contributed by atoms with van der Waals surface area (Å²) in [6.07, 6.45) is 1.65. The summed E-state index contributed by atoms with van der Waals surface area (Å²) in [6, 6.07) is 13.7. The quantitative estimate of drug-likeness (QED) is 0.556. The van der Waals surface area contributed by atoms with Crippen LogP contribution in [0.15, 0.2) is 53.1 Å². The zero-order valence-electron chi connectivity index (χ0n) is 10.6. The van der Waals surface area contributed by atoms with Crippen LogP contribution in [0.5, 0.6) is 0 Å². The molecule has 1 aromatic carbocycles. The second-order valence-corrected chi connectivity index (χ2v) is 4.49. The summed E-state index contributed by atoms with van der Waals surface area (Å²) in [4.78, 5) is 4.54. The van der Waals surface area contributed by atoms with Crippen LogP contribution >= 0.6 is 0 Å². The molecule has 1 unspecified atom stereocenters. The number of nitrogens with two attached hydrogens (primary N) is 1. The molecule has 3 aromatic rings. The van der Waals surface area contributed by atoms with Crippen LogP contribution in [0.25, 0.3) is 10.9 Å². The number of hydrogen-bond donors (Lipinski definition) is 2.